The molecule has 0 aliphatic heterocycles. The Labute approximate surface area is 124 Å². The number of carbonyl (C=O) groups is 1. The zero-order valence-corrected chi connectivity index (χ0v) is 12.7. The lowest BCUT2D eigenvalue weighted by molar-refractivity contribution is -0.123. The van der Waals surface area contributed by atoms with Crippen molar-refractivity contribution >= 4 is 39.5 Å². The molecule has 0 saturated heterocycles. The van der Waals surface area contributed by atoms with Crippen LogP contribution in [0.1, 0.15) is 12.1 Å². The summed E-state index contributed by atoms with van der Waals surface area (Å²) in [6.45, 7) is 2.68. The van der Waals surface area contributed by atoms with Gasteiger partial charge in [0.1, 0.15) is 10.3 Å². The molecule has 0 spiro atoms. The maximum absolute atomic E-state index is 10.9. The van der Waals surface area contributed by atoms with Crippen molar-refractivity contribution in [1.29, 1.82) is 0 Å². The van der Waals surface area contributed by atoms with Crippen LogP contribution >= 0.6 is 22.6 Å². The van der Waals surface area contributed by atoms with E-state index in [9.17, 15) is 4.79 Å². The molecule has 0 unspecified atom stereocenters. The van der Waals surface area contributed by atoms with E-state index >= 15 is 0 Å². The number of hydrogen-bond donors (Lipinski definition) is 2. The van der Waals surface area contributed by atoms with E-state index in [0.29, 0.717) is 13.1 Å². The zero-order valence-electron chi connectivity index (χ0n) is 10.6. The number of nitrogens with one attached hydrogen (secondary N) is 1. The van der Waals surface area contributed by atoms with Gasteiger partial charge in [0, 0.05) is 18.8 Å². The number of aryl methyl sites for hydroxylation is 2. The van der Waals surface area contributed by atoms with Gasteiger partial charge in [-0.1, -0.05) is 0 Å². The van der Waals surface area contributed by atoms with Crippen molar-refractivity contribution in [3.63, 3.8) is 0 Å². The quantitative estimate of drug-likeness (QED) is 0.601. The van der Waals surface area contributed by atoms with Crippen LogP contribution in [0, 0.1) is 10.6 Å². The first-order chi connectivity index (χ1) is 9.11. The minimum absolute atomic E-state index is 0.353. The molecule has 19 heavy (non-hydrogen) atoms. The molecule has 0 radical (unpaired) electrons. The summed E-state index contributed by atoms with van der Waals surface area (Å²) in [4.78, 5) is 15.4. The number of nitrogens with zero attached hydrogens (tertiary/aromatic N) is 3. The summed E-state index contributed by atoms with van der Waals surface area (Å²) in [6, 6.07) is 3.99. The van der Waals surface area contributed by atoms with Crippen LogP contribution in [0.15, 0.2) is 12.1 Å². The topological polar surface area (TPSA) is 80.0 Å². The Morgan fingerprint density at radius 2 is 2.32 bits per heavy atom. The van der Waals surface area contributed by atoms with Gasteiger partial charge in [0.15, 0.2) is 5.65 Å². The summed E-state index contributed by atoms with van der Waals surface area (Å²) in [6.07, 6.45) is 0.744. The van der Waals surface area contributed by atoms with E-state index in [1.165, 1.54) is 0 Å². The molecule has 2 rings (SSSR count). The van der Waals surface area contributed by atoms with E-state index in [-0.39, 0.29) is 5.91 Å². The molecular weight excluding hydrogens is 359 g/mol. The molecule has 2 aromatic heterocycles. The van der Waals surface area contributed by atoms with Crippen LogP contribution in [0.5, 0.6) is 0 Å². The molecule has 0 bridgehead atoms. The first-order valence-corrected chi connectivity index (χ1v) is 7.07. The second kappa shape index (κ2) is 6.29. The molecule has 2 N–H and O–H groups in total. The maximum Gasteiger partial charge on any atom is 0.245 e. The van der Waals surface area contributed by atoms with E-state index in [1.54, 1.807) is 0 Å². The van der Waals surface area contributed by atoms with E-state index in [0.717, 1.165) is 26.8 Å². The second-order valence-electron chi connectivity index (χ2n) is 4.20. The van der Waals surface area contributed by atoms with Gasteiger partial charge in [-0.25, -0.2) is 9.67 Å². The van der Waals surface area contributed by atoms with E-state index in [4.69, 9.17) is 5.11 Å². The van der Waals surface area contributed by atoms with Crippen LogP contribution in [0.3, 0.4) is 0 Å². The van der Waals surface area contributed by atoms with Gasteiger partial charge in [0.05, 0.1) is 5.39 Å². The molecule has 0 fully saturated rings. The standard InChI is InChI=1S/C12H15IN4O2/c1-8-3-4-9-11(13)16-17(12(9)15-8)6-2-5-14-10(19)7-18/h3-4,18H,2,5-7H2,1H3,(H,14,19). The summed E-state index contributed by atoms with van der Waals surface area (Å²) in [5, 5.41) is 16.7. The smallest absolute Gasteiger partial charge is 0.245 e. The molecule has 6 nitrogen and oxygen atoms in total. The van der Waals surface area contributed by atoms with Crippen molar-refractivity contribution in [3.05, 3.63) is 21.5 Å². The highest BCUT2D eigenvalue weighted by Gasteiger charge is 2.09. The summed E-state index contributed by atoms with van der Waals surface area (Å²) in [7, 11) is 0. The number of amides is 1. The number of aromatic nitrogens is 3. The number of aliphatic hydroxyl groups is 1. The van der Waals surface area contributed by atoms with Crippen molar-refractivity contribution in [2.45, 2.75) is 19.9 Å². The van der Waals surface area contributed by atoms with Crippen LogP contribution in [0.25, 0.3) is 11.0 Å². The van der Waals surface area contributed by atoms with E-state index < -0.39 is 6.61 Å². The van der Waals surface area contributed by atoms with Gasteiger partial charge >= 0.3 is 0 Å². The Morgan fingerprint density at radius 3 is 3.05 bits per heavy atom. The first kappa shape index (κ1) is 14.2. The molecule has 1 amide bonds. The number of pyridine rings is 1. The third-order valence-electron chi connectivity index (χ3n) is 2.70. The van der Waals surface area contributed by atoms with Gasteiger partial charge in [0.2, 0.25) is 5.91 Å². The SMILES string of the molecule is Cc1ccc2c(I)nn(CCCNC(=O)CO)c2n1. The minimum atomic E-state index is -0.469. The number of rotatable bonds is 5. The van der Waals surface area contributed by atoms with Gasteiger partial charge in [-0.05, 0) is 48.1 Å². The highest BCUT2D eigenvalue weighted by atomic mass is 127. The third-order valence-corrected chi connectivity index (χ3v) is 3.50. The number of halogens is 1. The van der Waals surface area contributed by atoms with E-state index in [2.05, 4.69) is 38.0 Å². The molecule has 2 heterocycles. The van der Waals surface area contributed by atoms with Crippen molar-refractivity contribution in [2.75, 3.05) is 13.2 Å². The summed E-state index contributed by atoms with van der Waals surface area (Å²) in [5.41, 5.74) is 1.83. The van der Waals surface area contributed by atoms with Gasteiger partial charge in [-0.2, -0.15) is 5.10 Å². The lowest BCUT2D eigenvalue weighted by atomic mass is 10.3. The minimum Gasteiger partial charge on any atom is -0.387 e. The Hall–Kier alpha value is -1.22. The zero-order chi connectivity index (χ0) is 13.8. The summed E-state index contributed by atoms with van der Waals surface area (Å²) < 4.78 is 2.79. The maximum atomic E-state index is 10.9. The van der Waals surface area contributed by atoms with Crippen molar-refractivity contribution in [1.82, 2.24) is 20.1 Å². The van der Waals surface area contributed by atoms with Crippen LogP contribution in [0.2, 0.25) is 0 Å². The number of aliphatic hydroxyl groups excluding tert-OH is 1. The van der Waals surface area contributed by atoms with Crippen LogP contribution < -0.4 is 5.32 Å². The molecule has 102 valence electrons. The fourth-order valence-corrected chi connectivity index (χ4v) is 2.46. The second-order valence-corrected chi connectivity index (χ2v) is 5.22. The highest BCUT2D eigenvalue weighted by Crippen LogP contribution is 2.19. The fourth-order valence-electron chi connectivity index (χ4n) is 1.78. The largest absolute Gasteiger partial charge is 0.387 e. The normalized spacial score (nSPS) is 10.9. The van der Waals surface area contributed by atoms with Crippen LogP contribution in [-0.2, 0) is 11.3 Å². The average molecular weight is 374 g/mol. The first-order valence-electron chi connectivity index (χ1n) is 5.99. The molecule has 7 heteroatoms. The van der Waals surface area contributed by atoms with Crippen LogP contribution in [-0.4, -0.2) is 38.9 Å². The van der Waals surface area contributed by atoms with Gasteiger partial charge in [0.25, 0.3) is 0 Å². The average Bonchev–Trinajstić information content (AvgIpc) is 2.70. The van der Waals surface area contributed by atoms with E-state index in [1.807, 2.05) is 23.7 Å². The Balaban J connectivity index is 2.04. The number of carbonyl (C=O) groups excluding carboxylic acids is 1. The highest BCUT2D eigenvalue weighted by molar-refractivity contribution is 14.1. The molecule has 0 aliphatic carbocycles. The van der Waals surface area contributed by atoms with Gasteiger partial charge in [-0.15, -0.1) is 0 Å². The van der Waals surface area contributed by atoms with Crippen LogP contribution in [0.4, 0.5) is 0 Å². The lowest BCUT2D eigenvalue weighted by Crippen LogP contribution is -2.27. The van der Waals surface area contributed by atoms with Crippen molar-refractivity contribution in [3.8, 4) is 0 Å². The van der Waals surface area contributed by atoms with Crippen molar-refractivity contribution in [2.24, 2.45) is 0 Å². The molecule has 0 aromatic carbocycles. The predicted molar refractivity (Wildman–Crippen MR) is 79.7 cm³/mol. The molecule has 2 aromatic rings. The van der Waals surface area contributed by atoms with Crippen molar-refractivity contribution < 1.29 is 9.90 Å². The fraction of sp³-hybridized carbons (Fsp3) is 0.417. The number of hydrogen-bond acceptors (Lipinski definition) is 4. The molecule has 0 aliphatic rings. The number of fused-ring (bicyclic) bond motifs is 1. The summed E-state index contributed by atoms with van der Waals surface area (Å²) in [5.74, 6) is -0.353. The lowest BCUT2D eigenvalue weighted by Gasteiger charge is -2.04. The molecule has 0 saturated carbocycles. The molecular formula is C12H15IN4O2. The predicted octanol–water partition coefficient (Wildman–Crippen LogP) is 0.843. The monoisotopic (exact) mass is 374 g/mol. The van der Waals surface area contributed by atoms with Gasteiger partial charge in [-0.3, -0.25) is 4.79 Å². The third kappa shape index (κ3) is 3.41. The Kier molecular flexibility index (Phi) is 4.70. The Bertz CT molecular complexity index is 597. The molecule has 0 atom stereocenters. The summed E-state index contributed by atoms with van der Waals surface area (Å²) >= 11 is 2.19. The van der Waals surface area contributed by atoms with Gasteiger partial charge < -0.3 is 10.4 Å². The Morgan fingerprint density at radius 1 is 1.53 bits per heavy atom.